The van der Waals surface area contributed by atoms with E-state index in [2.05, 4.69) is 43.2 Å². The molecule has 2 saturated heterocycles. The summed E-state index contributed by atoms with van der Waals surface area (Å²) >= 11 is 12.7. The summed E-state index contributed by atoms with van der Waals surface area (Å²) in [5.41, 5.74) is 10.8. The van der Waals surface area contributed by atoms with Crippen molar-refractivity contribution in [2.24, 2.45) is 0 Å². The molecule has 4 aromatic carbocycles. The van der Waals surface area contributed by atoms with E-state index in [1.54, 1.807) is 24.3 Å². The van der Waals surface area contributed by atoms with Crippen LogP contribution in [-0.4, -0.2) is 44.6 Å². The summed E-state index contributed by atoms with van der Waals surface area (Å²) in [5.74, 6) is -0.345. The van der Waals surface area contributed by atoms with Crippen molar-refractivity contribution in [1.82, 2.24) is 18.9 Å². The lowest BCUT2D eigenvalue weighted by Gasteiger charge is -2.31. The van der Waals surface area contributed by atoms with Crippen LogP contribution in [-0.2, 0) is 45.3 Å². The second kappa shape index (κ2) is 14.3. The number of fused-ring (bicyclic) bond motifs is 9. The van der Waals surface area contributed by atoms with Crippen LogP contribution in [0.4, 0.5) is 8.78 Å². The van der Waals surface area contributed by atoms with Crippen molar-refractivity contribution in [1.29, 1.82) is 0 Å². The first-order chi connectivity index (χ1) is 25.4. The van der Waals surface area contributed by atoms with Crippen LogP contribution < -0.4 is 0 Å². The van der Waals surface area contributed by atoms with Crippen LogP contribution in [0.5, 0.6) is 0 Å². The molecular formula is C44H44Cl2F2N4. The Morgan fingerprint density at radius 2 is 1.19 bits per heavy atom. The monoisotopic (exact) mass is 736 g/mol. The van der Waals surface area contributed by atoms with Gasteiger partial charge in [0.2, 0.25) is 0 Å². The number of aromatic nitrogens is 2. The lowest BCUT2D eigenvalue weighted by atomic mass is 9.96. The van der Waals surface area contributed by atoms with Gasteiger partial charge < -0.3 is 9.13 Å². The summed E-state index contributed by atoms with van der Waals surface area (Å²) in [7, 11) is 0. The quantitative estimate of drug-likeness (QED) is 0.169. The number of nitrogens with zero attached hydrogens (tertiary/aromatic N) is 4. The molecule has 6 aromatic rings. The van der Waals surface area contributed by atoms with E-state index in [0.29, 0.717) is 12.1 Å². The fourth-order valence-electron chi connectivity index (χ4n) is 9.63. The molecule has 10 rings (SSSR count). The van der Waals surface area contributed by atoms with Crippen LogP contribution in [0.3, 0.4) is 0 Å². The highest BCUT2D eigenvalue weighted by atomic mass is 35.5. The Morgan fingerprint density at radius 3 is 1.87 bits per heavy atom. The van der Waals surface area contributed by atoms with Gasteiger partial charge in [0.25, 0.3) is 0 Å². The van der Waals surface area contributed by atoms with E-state index in [1.807, 2.05) is 36.4 Å². The van der Waals surface area contributed by atoms with E-state index in [-0.39, 0.29) is 11.6 Å². The second-order valence-electron chi connectivity index (χ2n) is 15.1. The Balaban J connectivity index is 0.000000138. The van der Waals surface area contributed by atoms with Gasteiger partial charge in [-0.05, 0) is 135 Å². The van der Waals surface area contributed by atoms with Gasteiger partial charge in [0.05, 0.1) is 0 Å². The lowest BCUT2D eigenvalue weighted by Crippen LogP contribution is -2.35. The normalized spacial score (nSPS) is 19.7. The molecule has 0 radical (unpaired) electrons. The first kappa shape index (κ1) is 34.1. The summed E-state index contributed by atoms with van der Waals surface area (Å²) in [5, 5.41) is 4.24. The number of halogens is 4. The molecule has 0 spiro atoms. The minimum Gasteiger partial charge on any atom is -0.344 e. The first-order valence-corrected chi connectivity index (χ1v) is 19.7. The zero-order chi connectivity index (χ0) is 35.3. The van der Waals surface area contributed by atoms with Crippen molar-refractivity contribution < 1.29 is 8.78 Å². The number of benzene rings is 4. The maximum absolute atomic E-state index is 13.2. The van der Waals surface area contributed by atoms with Gasteiger partial charge in [-0.25, -0.2) is 8.78 Å². The Bertz CT molecular complexity index is 2240. The minimum absolute atomic E-state index is 0.173. The van der Waals surface area contributed by atoms with Gasteiger partial charge in [-0.15, -0.1) is 0 Å². The van der Waals surface area contributed by atoms with Crippen LogP contribution in [0.15, 0.2) is 84.9 Å². The molecule has 4 nitrogen and oxygen atoms in total. The largest absolute Gasteiger partial charge is 0.344 e. The molecule has 4 aliphatic heterocycles. The molecule has 0 saturated carbocycles. The number of hydrogen-bond donors (Lipinski definition) is 0. The summed E-state index contributed by atoms with van der Waals surface area (Å²) in [6.45, 7) is 6.47. The smallest absolute Gasteiger partial charge is 0.123 e. The van der Waals surface area contributed by atoms with Crippen molar-refractivity contribution in [2.45, 2.75) is 83.1 Å². The molecule has 0 bridgehead atoms. The lowest BCUT2D eigenvalue weighted by molar-refractivity contribution is 0.224. The fourth-order valence-corrected chi connectivity index (χ4v) is 9.98. The van der Waals surface area contributed by atoms with Crippen LogP contribution >= 0.6 is 23.2 Å². The van der Waals surface area contributed by atoms with Gasteiger partial charge in [-0.3, -0.25) is 9.80 Å². The molecule has 2 atom stereocenters. The van der Waals surface area contributed by atoms with Gasteiger partial charge in [0.15, 0.2) is 0 Å². The Hall–Kier alpha value is -3.68. The summed E-state index contributed by atoms with van der Waals surface area (Å²) in [4.78, 5) is 5.26. The molecular weight excluding hydrogens is 693 g/mol. The van der Waals surface area contributed by atoms with E-state index in [4.69, 9.17) is 23.2 Å². The molecule has 2 fully saturated rings. The van der Waals surface area contributed by atoms with E-state index in [9.17, 15) is 8.78 Å². The first-order valence-electron chi connectivity index (χ1n) is 19.0. The van der Waals surface area contributed by atoms with E-state index in [0.717, 1.165) is 61.9 Å². The molecule has 52 heavy (non-hydrogen) atoms. The van der Waals surface area contributed by atoms with Gasteiger partial charge in [0, 0.05) is 94.3 Å². The maximum Gasteiger partial charge on any atom is 0.123 e. The van der Waals surface area contributed by atoms with Crippen LogP contribution in [0.25, 0.3) is 21.8 Å². The molecule has 6 heterocycles. The SMILES string of the molecule is Fc1ccc(CCn2c3c(c4cc(Cl)ccc42)C2CCCN2CC3)cc1.Fc1ccc(CCn2c3c(c4cc(Cl)ccc42)CN2CCCC2C3)cc1. The van der Waals surface area contributed by atoms with Gasteiger partial charge in [-0.1, -0.05) is 47.5 Å². The maximum atomic E-state index is 13.2. The van der Waals surface area contributed by atoms with Crippen molar-refractivity contribution in [3.05, 3.63) is 140 Å². The summed E-state index contributed by atoms with van der Waals surface area (Å²) < 4.78 is 31.3. The van der Waals surface area contributed by atoms with Crippen molar-refractivity contribution in [2.75, 3.05) is 19.6 Å². The third-order valence-electron chi connectivity index (χ3n) is 12.1. The van der Waals surface area contributed by atoms with Crippen LogP contribution in [0.1, 0.15) is 65.4 Å². The molecule has 268 valence electrons. The highest BCUT2D eigenvalue weighted by Crippen LogP contribution is 2.44. The molecule has 0 amide bonds. The minimum atomic E-state index is -0.173. The summed E-state index contributed by atoms with van der Waals surface area (Å²) in [6, 6.07) is 27.6. The Morgan fingerprint density at radius 1 is 0.615 bits per heavy atom. The zero-order valence-electron chi connectivity index (χ0n) is 29.4. The average molecular weight is 738 g/mol. The van der Waals surface area contributed by atoms with E-state index < -0.39 is 0 Å². The van der Waals surface area contributed by atoms with Crippen LogP contribution in [0.2, 0.25) is 10.0 Å². The predicted molar refractivity (Wildman–Crippen MR) is 208 cm³/mol. The zero-order valence-corrected chi connectivity index (χ0v) is 30.9. The third kappa shape index (κ3) is 6.46. The molecule has 0 aliphatic carbocycles. The Labute approximate surface area is 314 Å². The number of aryl methyl sites for hydroxylation is 4. The summed E-state index contributed by atoms with van der Waals surface area (Å²) in [6.07, 6.45) is 9.19. The highest BCUT2D eigenvalue weighted by Gasteiger charge is 2.36. The second-order valence-corrected chi connectivity index (χ2v) is 16.0. The van der Waals surface area contributed by atoms with Gasteiger partial charge >= 0.3 is 0 Å². The van der Waals surface area contributed by atoms with Crippen molar-refractivity contribution in [3.8, 4) is 0 Å². The van der Waals surface area contributed by atoms with E-state index >= 15 is 0 Å². The number of rotatable bonds is 6. The Kier molecular flexibility index (Phi) is 9.37. The third-order valence-corrected chi connectivity index (χ3v) is 12.6. The molecule has 0 N–H and O–H groups in total. The topological polar surface area (TPSA) is 16.3 Å². The average Bonchev–Trinajstić information content (AvgIpc) is 3.94. The van der Waals surface area contributed by atoms with Gasteiger partial charge in [0.1, 0.15) is 11.6 Å². The molecule has 8 heteroatoms. The molecule has 2 unspecified atom stereocenters. The fraction of sp³-hybridized carbons (Fsp3) is 0.364. The van der Waals surface area contributed by atoms with E-state index in [1.165, 1.54) is 94.2 Å². The highest BCUT2D eigenvalue weighted by molar-refractivity contribution is 6.31. The van der Waals surface area contributed by atoms with Crippen molar-refractivity contribution >= 4 is 45.0 Å². The predicted octanol–water partition coefficient (Wildman–Crippen LogP) is 10.6. The van der Waals surface area contributed by atoms with Gasteiger partial charge in [-0.2, -0.15) is 0 Å². The van der Waals surface area contributed by atoms with Crippen LogP contribution in [0, 0.1) is 11.6 Å². The number of hydrogen-bond acceptors (Lipinski definition) is 2. The molecule has 2 aromatic heterocycles. The standard InChI is InChI=1S/2C22H22ClFN2/c23-16-5-8-19-18(14-16)22-20-2-1-11-25(20)12-10-21(22)26(19)13-9-15-3-6-17(24)7-4-15;23-16-5-8-21-19(12-16)20-14-25-10-1-2-18(25)13-22(20)26(21)11-9-15-3-6-17(24)7-4-15/h3-8,14,20H,1-2,9-13H2;3-8,12,18H,1-2,9-11,13-14H2. The van der Waals surface area contributed by atoms with Crippen molar-refractivity contribution in [3.63, 3.8) is 0 Å². The molecule has 4 aliphatic rings.